The number of nitrogens with zero attached hydrogens (tertiary/aromatic N) is 1. The molecule has 6 rings (SSSR count). The number of piperidine rings is 1. The minimum atomic E-state index is -1.41. The molecule has 1 aromatic rings. The summed E-state index contributed by atoms with van der Waals surface area (Å²) in [6.45, 7) is 14.7. The molecule has 17 heteroatoms. The first-order chi connectivity index (χ1) is 36.1. The Kier molecular flexibility index (Phi) is 21.4. The lowest BCUT2D eigenvalue weighted by molar-refractivity contribution is -0.205. The molecule has 3 fully saturated rings. The van der Waals surface area contributed by atoms with E-state index in [0.717, 1.165) is 30.4 Å². The molecule has 4 heterocycles. The van der Waals surface area contributed by atoms with Crippen LogP contribution in [-0.4, -0.2) is 117 Å². The number of benzene rings is 1. The van der Waals surface area contributed by atoms with Crippen molar-refractivity contribution in [1.82, 2.24) is 26.4 Å². The van der Waals surface area contributed by atoms with Gasteiger partial charge >= 0.3 is 5.97 Å². The second-order valence-electron chi connectivity index (χ2n) is 22.6. The van der Waals surface area contributed by atoms with E-state index in [2.05, 4.69) is 34.4 Å². The first kappa shape index (κ1) is 59.8. The number of Topliss-reactive ketones (excluding diaryl/α,β-unsaturated/α-hetero) is 1. The normalized spacial score (nSPS) is 33.9. The summed E-state index contributed by atoms with van der Waals surface area (Å²) < 4.78 is 12.9. The van der Waals surface area contributed by atoms with Gasteiger partial charge in [-0.25, -0.2) is 5.43 Å². The first-order valence-electron chi connectivity index (χ1n) is 27.8. The molecule has 1 aromatic carbocycles. The molecular formula is C59H86N6O11. The van der Waals surface area contributed by atoms with Crippen molar-refractivity contribution < 1.29 is 53.6 Å². The van der Waals surface area contributed by atoms with Crippen molar-refractivity contribution in [2.24, 2.45) is 41.4 Å². The molecule has 0 radical (unpaired) electrons. The predicted octanol–water partition coefficient (Wildman–Crippen LogP) is 5.60. The van der Waals surface area contributed by atoms with E-state index < -0.39 is 89.7 Å². The van der Waals surface area contributed by atoms with Crippen molar-refractivity contribution >= 4 is 41.1 Å². The molecule has 1 unspecified atom stereocenters. The Hall–Kier alpha value is -5.46. The fourth-order valence-corrected chi connectivity index (χ4v) is 11.2. The maximum atomic E-state index is 14.5. The smallest absolute Gasteiger partial charge is 0.325 e. The zero-order valence-corrected chi connectivity index (χ0v) is 45.9. The Labute approximate surface area is 449 Å². The molecule has 76 heavy (non-hydrogen) atoms. The van der Waals surface area contributed by atoms with E-state index in [4.69, 9.17) is 15.2 Å². The largest absolute Gasteiger partial charge is 0.456 e. The van der Waals surface area contributed by atoms with Gasteiger partial charge in [0, 0.05) is 61.6 Å². The van der Waals surface area contributed by atoms with E-state index in [1.165, 1.54) is 18.0 Å². The maximum absolute atomic E-state index is 14.5. The summed E-state index contributed by atoms with van der Waals surface area (Å²) in [5.74, 6) is -4.76. The summed E-state index contributed by atoms with van der Waals surface area (Å²) in [5, 5.41) is 44.5. The standard InChI is InChI=1S/C59H86N6O11/c1-9-41-31-43-32-42-28-37(6)51(76-59(42,43)63-54(41)70)33-49(68)35(4)18-12-10-13-19-36(5)50-24-15-11-14-23-48(67)39(8)53(69)45(26-25-38(7)66)55(71)62-52(34(2)3)56(72)61-47(30-40-20-16-21-44(60)29-40)57(73)65-27-17-22-46(64-65)58(74)75-50/h10-11,13-16,19-21,23,28-29,34-35,37,39,41,43,45-53,64,67-69H,9,12,17-18,22,24-27,30-33,60H2,1-8H3,(H,61,72)(H,62,71)(H,63,70)/b13-10+,15-11+,23-14+,36-19+/t35-,37+,39-,41-,43+,45+,46?,47-,48-,49-,50-,51-,52-,53+,59-/m0/s1. The molecule has 9 N–H and O–H groups in total. The third kappa shape index (κ3) is 15.2. The van der Waals surface area contributed by atoms with Crippen molar-refractivity contribution in [3.63, 3.8) is 0 Å². The van der Waals surface area contributed by atoms with E-state index in [1.807, 2.05) is 39.0 Å². The Morgan fingerprint density at radius 3 is 2.50 bits per heavy atom. The highest BCUT2D eigenvalue weighted by Crippen LogP contribution is 2.54. The minimum Gasteiger partial charge on any atom is -0.456 e. The minimum absolute atomic E-state index is 0.00675. The Morgan fingerprint density at radius 1 is 1.03 bits per heavy atom. The van der Waals surface area contributed by atoms with Crippen LogP contribution in [0.4, 0.5) is 5.69 Å². The quantitative estimate of drug-likeness (QED) is 0.0462. The number of allylic oxidation sites excluding steroid dienone is 5. The topological polar surface area (TPSA) is 259 Å². The zero-order valence-electron chi connectivity index (χ0n) is 45.9. The van der Waals surface area contributed by atoms with Crippen LogP contribution in [0, 0.1) is 41.4 Å². The number of hydrogen-bond acceptors (Lipinski definition) is 13. The van der Waals surface area contributed by atoms with Crippen LogP contribution in [0.5, 0.6) is 0 Å². The third-order valence-electron chi connectivity index (χ3n) is 16.4. The SMILES string of the molecule is CC[C@H]1C[C@@H]2CC3=C[C@@H](C)[C@H](C[C@H](O)[C@@H](C)CC/C=C/C=C(\C)[C@@H]4C/C=C/C=C/[C@H](O)[C@H](C)[C@@H](O)[C@@H](CCC(C)=O)C(=O)N[C@@H](C(C)C)C(=O)N[C@@H](Cc5cccc(N)c5)C(=O)N5CCCC(N5)C(=O)O4)O[C@@]32NC1=O. The molecule has 1 saturated carbocycles. The number of anilines is 1. The fraction of sp³-hybridized carbons (Fsp3) is 0.627. The third-order valence-corrected chi connectivity index (χ3v) is 16.4. The highest BCUT2D eigenvalue weighted by Gasteiger charge is 2.60. The van der Waals surface area contributed by atoms with Crippen LogP contribution in [-0.2, 0) is 44.7 Å². The van der Waals surface area contributed by atoms with Crippen molar-refractivity contribution in [1.29, 1.82) is 0 Å². The van der Waals surface area contributed by atoms with Crippen LogP contribution in [0.3, 0.4) is 0 Å². The lowest BCUT2D eigenvalue weighted by Gasteiger charge is -2.59. The number of nitrogens with one attached hydrogen (secondary N) is 4. The molecule has 4 amide bonds. The number of hydrogen-bond donors (Lipinski definition) is 8. The maximum Gasteiger partial charge on any atom is 0.325 e. The molecule has 0 aromatic heterocycles. The van der Waals surface area contributed by atoms with Crippen LogP contribution in [0.15, 0.2) is 84.0 Å². The summed E-state index contributed by atoms with van der Waals surface area (Å²) in [4.78, 5) is 82.0. The van der Waals surface area contributed by atoms with E-state index >= 15 is 0 Å². The van der Waals surface area contributed by atoms with Crippen molar-refractivity contribution in [3.05, 3.63) is 89.6 Å². The van der Waals surface area contributed by atoms with E-state index in [-0.39, 0.29) is 73.7 Å². The highest BCUT2D eigenvalue weighted by atomic mass is 16.5. The van der Waals surface area contributed by atoms with Gasteiger partial charge in [0.1, 0.15) is 30.0 Å². The molecule has 1 spiro atoms. The van der Waals surface area contributed by atoms with Gasteiger partial charge in [0.05, 0.1) is 30.3 Å². The van der Waals surface area contributed by atoms with E-state index in [0.29, 0.717) is 43.4 Å². The Morgan fingerprint density at radius 2 is 1.79 bits per heavy atom. The summed E-state index contributed by atoms with van der Waals surface area (Å²) in [5.41, 5.74) is 11.5. The van der Waals surface area contributed by atoms with Gasteiger partial charge in [0.25, 0.3) is 5.91 Å². The number of hydrazine groups is 1. The predicted molar refractivity (Wildman–Crippen MR) is 290 cm³/mol. The first-order valence-corrected chi connectivity index (χ1v) is 27.8. The number of amides is 4. The lowest BCUT2D eigenvalue weighted by Crippen LogP contribution is -2.70. The van der Waals surface area contributed by atoms with Crippen LogP contribution >= 0.6 is 0 Å². The summed E-state index contributed by atoms with van der Waals surface area (Å²) >= 11 is 0. The lowest BCUT2D eigenvalue weighted by atomic mass is 9.62. The summed E-state index contributed by atoms with van der Waals surface area (Å²) in [6, 6.07) is 3.71. The monoisotopic (exact) mass is 1050 g/mol. The van der Waals surface area contributed by atoms with E-state index in [1.54, 1.807) is 63.3 Å². The number of ketones is 1. The molecule has 2 bridgehead atoms. The Bertz CT molecular complexity index is 2380. The number of esters is 1. The van der Waals surface area contributed by atoms with Gasteiger partial charge < -0.3 is 51.3 Å². The molecule has 17 nitrogen and oxygen atoms in total. The number of cyclic esters (lactones) is 1. The van der Waals surface area contributed by atoms with Crippen LogP contribution in [0.25, 0.3) is 0 Å². The molecular weight excluding hydrogens is 969 g/mol. The summed E-state index contributed by atoms with van der Waals surface area (Å²) in [7, 11) is 0. The van der Waals surface area contributed by atoms with Gasteiger partial charge in [-0.15, -0.1) is 0 Å². The fourth-order valence-electron chi connectivity index (χ4n) is 11.2. The number of carbonyl (C=O) groups excluding carboxylic acids is 6. The number of carbonyl (C=O) groups is 6. The van der Waals surface area contributed by atoms with Gasteiger partial charge in [-0.3, -0.25) is 29.0 Å². The molecule has 5 aliphatic rings. The van der Waals surface area contributed by atoms with Gasteiger partial charge in [0.15, 0.2) is 5.72 Å². The molecule has 2 saturated heterocycles. The van der Waals surface area contributed by atoms with Crippen LogP contribution < -0.4 is 27.1 Å². The van der Waals surface area contributed by atoms with Crippen molar-refractivity contribution in [3.8, 4) is 0 Å². The number of nitrogen functional groups attached to an aromatic ring is 1. The van der Waals surface area contributed by atoms with Crippen molar-refractivity contribution in [2.45, 2.75) is 187 Å². The number of aliphatic hydroxyl groups is 3. The highest BCUT2D eigenvalue weighted by molar-refractivity contribution is 5.93. The summed E-state index contributed by atoms with van der Waals surface area (Å²) in [6.07, 6.45) is 15.9. The number of rotatable bonds is 15. The van der Waals surface area contributed by atoms with Crippen molar-refractivity contribution in [2.75, 3.05) is 12.3 Å². The van der Waals surface area contributed by atoms with E-state index in [9.17, 15) is 44.1 Å². The van der Waals surface area contributed by atoms with Crippen LogP contribution in [0.2, 0.25) is 0 Å². The average molecular weight is 1060 g/mol. The number of aliphatic hydroxyl groups excluding tert-OH is 3. The zero-order chi connectivity index (χ0) is 55.4. The van der Waals surface area contributed by atoms with Gasteiger partial charge in [-0.2, -0.15) is 0 Å². The second-order valence-corrected chi connectivity index (χ2v) is 22.6. The molecule has 4 aliphatic heterocycles. The van der Waals surface area contributed by atoms with Gasteiger partial charge in [0.2, 0.25) is 17.7 Å². The van der Waals surface area contributed by atoms with Crippen LogP contribution in [0.1, 0.15) is 132 Å². The molecule has 15 atom stereocenters. The number of ether oxygens (including phenoxy) is 2. The molecule has 1 aliphatic carbocycles. The number of fused-ring (bicyclic) bond motifs is 2. The molecule has 418 valence electrons. The number of nitrogens with two attached hydrogens (primary N) is 1. The Balaban J connectivity index is 1.18. The van der Waals surface area contributed by atoms with Gasteiger partial charge in [-0.05, 0) is 106 Å². The second kappa shape index (κ2) is 27.2. The van der Waals surface area contributed by atoms with Gasteiger partial charge in [-0.1, -0.05) is 102 Å². The average Bonchev–Trinajstić information content (AvgIpc) is 3.46.